The second-order valence-electron chi connectivity index (χ2n) is 3.01. The van der Waals surface area contributed by atoms with Crippen molar-refractivity contribution in [2.75, 3.05) is 5.73 Å². The first-order chi connectivity index (χ1) is 7.27. The molecule has 2 aromatic rings. The van der Waals surface area contributed by atoms with Gasteiger partial charge in [0.05, 0.1) is 5.69 Å². The van der Waals surface area contributed by atoms with E-state index in [-0.39, 0.29) is 5.56 Å². The number of hydrogen-bond donors (Lipinski definition) is 2. The first-order valence-corrected chi connectivity index (χ1v) is 5.29. The molecule has 0 fully saturated rings. The number of nitrogens with two attached hydrogens (primary N) is 1. The smallest absolute Gasteiger partial charge is 0.264 e. The Morgan fingerprint density at radius 3 is 2.53 bits per heavy atom. The normalized spacial score (nSPS) is 10.1. The van der Waals surface area contributed by atoms with Crippen LogP contribution in [0.15, 0.2) is 57.2 Å². The maximum absolute atomic E-state index is 11.5. The first kappa shape index (κ1) is 9.86. The van der Waals surface area contributed by atoms with Gasteiger partial charge in [-0.2, -0.15) is 0 Å². The summed E-state index contributed by atoms with van der Waals surface area (Å²) >= 11 is 1.37. The van der Waals surface area contributed by atoms with Gasteiger partial charge in [0.15, 0.2) is 0 Å². The summed E-state index contributed by atoms with van der Waals surface area (Å²) in [6.07, 6.45) is 1.55. The SMILES string of the molecule is Nc1cc[nH]c(=O)c1Sc1ccccc1. The second-order valence-corrected chi connectivity index (χ2v) is 4.09. The summed E-state index contributed by atoms with van der Waals surface area (Å²) in [6.45, 7) is 0. The van der Waals surface area contributed by atoms with Crippen LogP contribution in [0.2, 0.25) is 0 Å². The van der Waals surface area contributed by atoms with Crippen LogP contribution in [0.4, 0.5) is 5.69 Å². The number of H-pyrrole nitrogens is 1. The molecule has 3 N–H and O–H groups in total. The van der Waals surface area contributed by atoms with Crippen molar-refractivity contribution in [2.24, 2.45) is 0 Å². The quantitative estimate of drug-likeness (QED) is 0.811. The molecule has 0 amide bonds. The van der Waals surface area contributed by atoms with Crippen molar-refractivity contribution in [3.8, 4) is 0 Å². The minimum Gasteiger partial charge on any atom is -0.398 e. The van der Waals surface area contributed by atoms with Crippen molar-refractivity contribution < 1.29 is 0 Å². The van der Waals surface area contributed by atoms with Crippen LogP contribution in [0, 0.1) is 0 Å². The number of hydrogen-bond acceptors (Lipinski definition) is 3. The Hall–Kier alpha value is -1.68. The highest BCUT2D eigenvalue weighted by Crippen LogP contribution is 2.27. The highest BCUT2D eigenvalue weighted by Gasteiger charge is 2.05. The fourth-order valence-corrected chi connectivity index (χ4v) is 2.06. The summed E-state index contributed by atoms with van der Waals surface area (Å²) in [5.74, 6) is 0. The molecule has 0 aliphatic carbocycles. The molecule has 0 bridgehead atoms. The largest absolute Gasteiger partial charge is 0.398 e. The third-order valence-electron chi connectivity index (χ3n) is 1.91. The topological polar surface area (TPSA) is 58.9 Å². The average Bonchev–Trinajstić information content (AvgIpc) is 2.25. The molecule has 0 spiro atoms. The number of aromatic nitrogens is 1. The molecule has 0 unspecified atom stereocenters. The summed E-state index contributed by atoms with van der Waals surface area (Å²) < 4.78 is 0. The fraction of sp³-hybridized carbons (Fsp3) is 0. The highest BCUT2D eigenvalue weighted by atomic mass is 32.2. The van der Waals surface area contributed by atoms with E-state index in [1.165, 1.54) is 11.8 Å². The molecule has 76 valence electrons. The molecule has 0 aliphatic heterocycles. The Kier molecular flexibility index (Phi) is 2.78. The number of nitrogen functional groups attached to an aromatic ring is 1. The van der Waals surface area contributed by atoms with Gasteiger partial charge in [-0.05, 0) is 18.2 Å². The zero-order valence-electron chi connectivity index (χ0n) is 7.94. The minimum atomic E-state index is -0.149. The average molecular weight is 218 g/mol. The van der Waals surface area contributed by atoms with Gasteiger partial charge in [-0.3, -0.25) is 4.79 Å². The standard InChI is InChI=1S/C11H10N2OS/c12-9-6-7-13-11(14)10(9)15-8-4-2-1-3-5-8/h1-7H,(H3,12,13,14). The van der Waals surface area contributed by atoms with E-state index >= 15 is 0 Å². The van der Waals surface area contributed by atoms with Gasteiger partial charge < -0.3 is 10.7 Å². The lowest BCUT2D eigenvalue weighted by molar-refractivity contribution is 1.15. The zero-order valence-corrected chi connectivity index (χ0v) is 8.75. The monoisotopic (exact) mass is 218 g/mol. The molecule has 0 saturated carbocycles. The Morgan fingerprint density at radius 1 is 1.13 bits per heavy atom. The van der Waals surface area contributed by atoms with E-state index in [0.717, 1.165) is 4.90 Å². The lowest BCUT2D eigenvalue weighted by Gasteiger charge is -2.02. The lowest BCUT2D eigenvalue weighted by Crippen LogP contribution is -2.09. The van der Waals surface area contributed by atoms with Crippen LogP contribution >= 0.6 is 11.8 Å². The molecule has 15 heavy (non-hydrogen) atoms. The van der Waals surface area contributed by atoms with Crippen molar-refractivity contribution >= 4 is 17.4 Å². The molecule has 4 heteroatoms. The predicted octanol–water partition coefficient (Wildman–Crippen LogP) is 2.11. The second kappa shape index (κ2) is 4.23. The third-order valence-corrected chi connectivity index (χ3v) is 3.04. The Labute approximate surface area is 91.3 Å². The molecule has 1 heterocycles. The number of aromatic amines is 1. The van der Waals surface area contributed by atoms with Crippen molar-refractivity contribution in [1.29, 1.82) is 0 Å². The zero-order chi connectivity index (χ0) is 10.7. The van der Waals surface area contributed by atoms with E-state index in [1.807, 2.05) is 30.3 Å². The van der Waals surface area contributed by atoms with E-state index in [9.17, 15) is 4.79 Å². The van der Waals surface area contributed by atoms with Crippen molar-refractivity contribution in [3.05, 3.63) is 52.9 Å². The lowest BCUT2D eigenvalue weighted by atomic mass is 10.4. The molecule has 0 atom stereocenters. The Bertz CT molecular complexity index is 507. The molecule has 0 radical (unpaired) electrons. The maximum atomic E-state index is 11.5. The van der Waals surface area contributed by atoms with Gasteiger partial charge in [-0.25, -0.2) is 0 Å². The molecular weight excluding hydrogens is 208 g/mol. The van der Waals surface area contributed by atoms with E-state index in [0.29, 0.717) is 10.6 Å². The molecule has 0 saturated heterocycles. The summed E-state index contributed by atoms with van der Waals surface area (Å²) in [5.41, 5.74) is 6.09. The number of benzene rings is 1. The van der Waals surface area contributed by atoms with Gasteiger partial charge in [-0.15, -0.1) is 0 Å². The van der Waals surface area contributed by atoms with E-state index in [1.54, 1.807) is 12.3 Å². The number of pyridine rings is 1. The van der Waals surface area contributed by atoms with Gasteiger partial charge in [-0.1, -0.05) is 30.0 Å². The Morgan fingerprint density at radius 2 is 1.87 bits per heavy atom. The predicted molar refractivity (Wildman–Crippen MR) is 62.0 cm³/mol. The molecule has 1 aromatic carbocycles. The summed E-state index contributed by atoms with van der Waals surface area (Å²) in [6, 6.07) is 11.4. The van der Waals surface area contributed by atoms with Gasteiger partial charge >= 0.3 is 0 Å². The fourth-order valence-electron chi connectivity index (χ4n) is 1.19. The minimum absolute atomic E-state index is 0.149. The van der Waals surface area contributed by atoms with Crippen LogP contribution in [0.3, 0.4) is 0 Å². The molecular formula is C11H10N2OS. The number of nitrogens with one attached hydrogen (secondary N) is 1. The van der Waals surface area contributed by atoms with Crippen LogP contribution in [0.25, 0.3) is 0 Å². The Balaban J connectivity index is 2.37. The molecule has 2 rings (SSSR count). The van der Waals surface area contributed by atoms with E-state index in [4.69, 9.17) is 5.73 Å². The molecule has 1 aromatic heterocycles. The van der Waals surface area contributed by atoms with Gasteiger partial charge in [0.2, 0.25) is 0 Å². The van der Waals surface area contributed by atoms with Crippen LogP contribution in [0.5, 0.6) is 0 Å². The third kappa shape index (κ3) is 2.22. The van der Waals surface area contributed by atoms with Crippen LogP contribution in [0.1, 0.15) is 0 Å². The summed E-state index contributed by atoms with van der Waals surface area (Å²) in [5, 5.41) is 0. The van der Waals surface area contributed by atoms with Gasteiger partial charge in [0.25, 0.3) is 5.56 Å². The van der Waals surface area contributed by atoms with Crippen molar-refractivity contribution in [3.63, 3.8) is 0 Å². The van der Waals surface area contributed by atoms with Crippen molar-refractivity contribution in [2.45, 2.75) is 9.79 Å². The maximum Gasteiger partial charge on any atom is 0.264 e. The highest BCUT2D eigenvalue weighted by molar-refractivity contribution is 7.99. The van der Waals surface area contributed by atoms with Crippen LogP contribution in [-0.2, 0) is 0 Å². The first-order valence-electron chi connectivity index (χ1n) is 4.47. The van der Waals surface area contributed by atoms with Gasteiger partial charge in [0.1, 0.15) is 4.90 Å². The number of rotatable bonds is 2. The van der Waals surface area contributed by atoms with Crippen LogP contribution in [-0.4, -0.2) is 4.98 Å². The van der Waals surface area contributed by atoms with E-state index < -0.39 is 0 Å². The van der Waals surface area contributed by atoms with Crippen molar-refractivity contribution in [1.82, 2.24) is 4.98 Å². The molecule has 0 aliphatic rings. The number of anilines is 1. The molecule has 3 nitrogen and oxygen atoms in total. The summed E-state index contributed by atoms with van der Waals surface area (Å²) in [7, 11) is 0. The van der Waals surface area contributed by atoms with Gasteiger partial charge in [0, 0.05) is 11.1 Å². The van der Waals surface area contributed by atoms with E-state index in [2.05, 4.69) is 4.98 Å². The van der Waals surface area contributed by atoms with Crippen LogP contribution < -0.4 is 11.3 Å². The summed E-state index contributed by atoms with van der Waals surface area (Å²) in [4.78, 5) is 15.6.